The van der Waals surface area contributed by atoms with Crippen LogP contribution in [0.2, 0.25) is 0 Å². The third-order valence-corrected chi connectivity index (χ3v) is 4.33. The van der Waals surface area contributed by atoms with Gasteiger partial charge in [-0.25, -0.2) is 4.39 Å². The average Bonchev–Trinajstić information content (AvgIpc) is 2.56. The fraction of sp³-hybridized carbons (Fsp3) is 0.222. The summed E-state index contributed by atoms with van der Waals surface area (Å²) in [5.41, 5.74) is 2.25. The number of hydrogen-bond donors (Lipinski definition) is 1. The Labute approximate surface area is 144 Å². The molecule has 0 radical (unpaired) electrons. The zero-order valence-electron chi connectivity index (χ0n) is 13.5. The van der Waals surface area contributed by atoms with Crippen LogP contribution in [-0.2, 0) is 14.3 Å². The zero-order chi connectivity index (χ0) is 17.5. The highest BCUT2D eigenvalue weighted by molar-refractivity contribution is 8.00. The molecule has 0 saturated carbocycles. The summed E-state index contributed by atoms with van der Waals surface area (Å²) in [5.74, 6) is -1.51. The van der Waals surface area contributed by atoms with Crippen molar-refractivity contribution in [1.82, 2.24) is 0 Å². The lowest BCUT2D eigenvalue weighted by Gasteiger charge is -2.08. The van der Waals surface area contributed by atoms with Crippen LogP contribution in [0, 0.1) is 19.7 Å². The van der Waals surface area contributed by atoms with Gasteiger partial charge in [0.05, 0.1) is 11.4 Å². The van der Waals surface area contributed by atoms with E-state index in [0.717, 1.165) is 16.0 Å². The zero-order valence-corrected chi connectivity index (χ0v) is 14.3. The van der Waals surface area contributed by atoms with Crippen LogP contribution in [0.1, 0.15) is 11.1 Å². The molecule has 0 aliphatic rings. The van der Waals surface area contributed by atoms with Gasteiger partial charge in [-0.05, 0) is 37.6 Å². The van der Waals surface area contributed by atoms with Gasteiger partial charge in [0, 0.05) is 4.90 Å². The number of benzene rings is 2. The van der Waals surface area contributed by atoms with Crippen LogP contribution < -0.4 is 5.32 Å². The smallest absolute Gasteiger partial charge is 0.316 e. The van der Waals surface area contributed by atoms with E-state index in [1.165, 1.54) is 30.0 Å². The number of para-hydroxylation sites is 1. The molecule has 2 aromatic rings. The number of rotatable bonds is 6. The first-order valence-corrected chi connectivity index (χ1v) is 8.34. The molecule has 0 aliphatic heterocycles. The number of amides is 1. The van der Waals surface area contributed by atoms with Crippen molar-refractivity contribution in [2.24, 2.45) is 0 Å². The minimum absolute atomic E-state index is 0.0586. The SMILES string of the molecule is Cc1ccc(C)c(SCC(=O)OCC(=O)Nc2ccccc2F)c1. The van der Waals surface area contributed by atoms with Gasteiger partial charge in [0.1, 0.15) is 5.82 Å². The fourth-order valence-electron chi connectivity index (χ4n) is 1.94. The molecule has 0 unspecified atom stereocenters. The van der Waals surface area contributed by atoms with Gasteiger partial charge in [0.25, 0.3) is 5.91 Å². The maximum Gasteiger partial charge on any atom is 0.316 e. The number of carbonyl (C=O) groups excluding carboxylic acids is 2. The van der Waals surface area contributed by atoms with Crippen molar-refractivity contribution in [3.05, 3.63) is 59.4 Å². The number of esters is 1. The molecule has 0 aliphatic carbocycles. The van der Waals surface area contributed by atoms with Crippen molar-refractivity contribution in [3.63, 3.8) is 0 Å². The average molecular weight is 347 g/mol. The Morgan fingerprint density at radius 2 is 1.92 bits per heavy atom. The topological polar surface area (TPSA) is 55.4 Å². The number of halogens is 1. The van der Waals surface area contributed by atoms with Crippen molar-refractivity contribution in [2.75, 3.05) is 17.7 Å². The van der Waals surface area contributed by atoms with E-state index in [4.69, 9.17) is 4.74 Å². The number of aryl methyl sites for hydroxylation is 2. The molecule has 0 spiro atoms. The van der Waals surface area contributed by atoms with E-state index in [9.17, 15) is 14.0 Å². The highest BCUT2D eigenvalue weighted by atomic mass is 32.2. The lowest BCUT2D eigenvalue weighted by atomic mass is 10.2. The second-order valence-electron chi connectivity index (χ2n) is 5.25. The van der Waals surface area contributed by atoms with Gasteiger partial charge in [-0.2, -0.15) is 0 Å². The first-order valence-electron chi connectivity index (χ1n) is 7.36. The molecule has 2 rings (SSSR count). The second-order valence-corrected chi connectivity index (χ2v) is 6.26. The summed E-state index contributed by atoms with van der Waals surface area (Å²) in [6.45, 7) is 3.50. The third-order valence-electron chi connectivity index (χ3n) is 3.20. The molecule has 1 amide bonds. The Morgan fingerprint density at radius 3 is 2.67 bits per heavy atom. The molecule has 0 bridgehead atoms. The first-order chi connectivity index (χ1) is 11.5. The number of hydrogen-bond acceptors (Lipinski definition) is 4. The van der Waals surface area contributed by atoms with E-state index in [1.807, 2.05) is 32.0 Å². The molecule has 2 aromatic carbocycles. The number of nitrogens with one attached hydrogen (secondary N) is 1. The van der Waals surface area contributed by atoms with E-state index in [2.05, 4.69) is 5.32 Å². The highest BCUT2D eigenvalue weighted by Crippen LogP contribution is 2.23. The number of ether oxygens (including phenoxy) is 1. The Hall–Kier alpha value is -2.34. The van der Waals surface area contributed by atoms with Crippen LogP contribution >= 0.6 is 11.8 Å². The van der Waals surface area contributed by atoms with Gasteiger partial charge in [0.15, 0.2) is 6.61 Å². The summed E-state index contributed by atoms with van der Waals surface area (Å²) in [5, 5.41) is 2.36. The highest BCUT2D eigenvalue weighted by Gasteiger charge is 2.11. The standard InChI is InChI=1S/C18H18FNO3S/c1-12-7-8-13(2)16(9-12)24-11-18(22)23-10-17(21)20-15-6-4-3-5-14(15)19/h3-9H,10-11H2,1-2H3,(H,20,21). The Morgan fingerprint density at radius 1 is 1.17 bits per heavy atom. The maximum atomic E-state index is 13.4. The van der Waals surface area contributed by atoms with Crippen LogP contribution in [0.25, 0.3) is 0 Å². The van der Waals surface area contributed by atoms with Crippen LogP contribution in [0.5, 0.6) is 0 Å². The normalized spacial score (nSPS) is 10.3. The summed E-state index contributed by atoms with van der Waals surface area (Å²) in [4.78, 5) is 24.4. The van der Waals surface area contributed by atoms with Gasteiger partial charge < -0.3 is 10.1 Å². The molecule has 0 saturated heterocycles. The Bertz CT molecular complexity index is 749. The second kappa shape index (κ2) is 8.49. The van der Waals surface area contributed by atoms with Crippen molar-refractivity contribution in [3.8, 4) is 0 Å². The largest absolute Gasteiger partial charge is 0.455 e. The molecule has 0 heterocycles. The monoisotopic (exact) mass is 347 g/mol. The lowest BCUT2D eigenvalue weighted by Crippen LogP contribution is -2.22. The summed E-state index contributed by atoms with van der Waals surface area (Å²) < 4.78 is 18.3. The molecule has 4 nitrogen and oxygen atoms in total. The van der Waals surface area contributed by atoms with Gasteiger partial charge in [-0.1, -0.05) is 29.8 Å². The molecular formula is C18H18FNO3S. The van der Waals surface area contributed by atoms with Gasteiger partial charge in [-0.15, -0.1) is 11.8 Å². The van der Waals surface area contributed by atoms with Crippen molar-refractivity contribution >= 4 is 29.3 Å². The Kier molecular flexibility index (Phi) is 6.37. The molecule has 126 valence electrons. The molecule has 1 N–H and O–H groups in total. The van der Waals surface area contributed by atoms with Gasteiger partial charge in [0.2, 0.25) is 0 Å². The molecule has 24 heavy (non-hydrogen) atoms. The van der Waals surface area contributed by atoms with E-state index in [0.29, 0.717) is 0 Å². The maximum absolute atomic E-state index is 13.4. The number of anilines is 1. The summed E-state index contributed by atoms with van der Waals surface area (Å²) >= 11 is 1.36. The van der Waals surface area contributed by atoms with E-state index in [1.54, 1.807) is 6.07 Å². The predicted molar refractivity (Wildman–Crippen MR) is 92.6 cm³/mol. The Balaban J connectivity index is 1.77. The van der Waals surface area contributed by atoms with Crippen molar-refractivity contribution in [1.29, 1.82) is 0 Å². The quantitative estimate of drug-likeness (QED) is 0.639. The third kappa shape index (κ3) is 5.38. The van der Waals surface area contributed by atoms with Crippen LogP contribution in [-0.4, -0.2) is 24.2 Å². The van der Waals surface area contributed by atoms with Crippen LogP contribution in [0.4, 0.5) is 10.1 Å². The van der Waals surface area contributed by atoms with E-state index < -0.39 is 24.3 Å². The molecule has 0 atom stereocenters. The van der Waals surface area contributed by atoms with Crippen molar-refractivity contribution < 1.29 is 18.7 Å². The van der Waals surface area contributed by atoms with Gasteiger partial charge in [-0.3, -0.25) is 9.59 Å². The minimum atomic E-state index is -0.579. The first kappa shape index (κ1) is 18.0. The van der Waals surface area contributed by atoms with Gasteiger partial charge >= 0.3 is 5.97 Å². The predicted octanol–water partition coefficient (Wildman–Crippen LogP) is 3.72. The summed E-state index contributed by atoms with van der Waals surface area (Å²) in [6, 6.07) is 11.8. The van der Waals surface area contributed by atoms with Crippen molar-refractivity contribution in [2.45, 2.75) is 18.7 Å². The molecule has 0 fully saturated rings. The van der Waals surface area contributed by atoms with E-state index >= 15 is 0 Å². The minimum Gasteiger partial charge on any atom is -0.455 e. The summed E-state index contributed by atoms with van der Waals surface area (Å²) in [7, 11) is 0. The molecular weight excluding hydrogens is 329 g/mol. The summed E-state index contributed by atoms with van der Waals surface area (Å²) in [6.07, 6.45) is 0. The fourth-order valence-corrected chi connectivity index (χ4v) is 2.86. The van der Waals surface area contributed by atoms with E-state index in [-0.39, 0.29) is 11.4 Å². The number of thioether (sulfide) groups is 1. The van der Waals surface area contributed by atoms with Crippen LogP contribution in [0.15, 0.2) is 47.4 Å². The molecule has 6 heteroatoms. The van der Waals surface area contributed by atoms with Crippen LogP contribution in [0.3, 0.4) is 0 Å². The number of carbonyl (C=O) groups is 2. The molecule has 0 aromatic heterocycles. The lowest BCUT2D eigenvalue weighted by molar-refractivity contribution is -0.144.